The number of anilines is 1. The van der Waals surface area contributed by atoms with Crippen LogP contribution in [-0.4, -0.2) is 49.7 Å². The van der Waals surface area contributed by atoms with Crippen LogP contribution in [0.5, 0.6) is 5.88 Å². The van der Waals surface area contributed by atoms with Crippen molar-refractivity contribution in [3.8, 4) is 5.88 Å². The summed E-state index contributed by atoms with van der Waals surface area (Å²) in [6.45, 7) is 5.24. The van der Waals surface area contributed by atoms with E-state index in [1.54, 1.807) is 7.11 Å². The Balaban J connectivity index is 2.22. The van der Waals surface area contributed by atoms with Crippen LogP contribution in [0.4, 0.5) is 5.69 Å². The summed E-state index contributed by atoms with van der Waals surface area (Å²) in [5.41, 5.74) is 1.02. The Hall–Kier alpha value is -1.00. The zero-order valence-corrected chi connectivity index (χ0v) is 11.2. The SMILES string of the molecule is COc1nc(Cl)ccc1N1CCN(C)[C@@H](C)C1. The van der Waals surface area contributed by atoms with Gasteiger partial charge in [0, 0.05) is 25.7 Å². The van der Waals surface area contributed by atoms with Gasteiger partial charge in [-0.2, -0.15) is 4.98 Å². The molecular formula is C12H18ClN3O. The molecule has 1 aliphatic heterocycles. The summed E-state index contributed by atoms with van der Waals surface area (Å²) in [6, 6.07) is 4.32. The first-order chi connectivity index (χ1) is 8.11. The topological polar surface area (TPSA) is 28.6 Å². The van der Waals surface area contributed by atoms with Crippen LogP contribution < -0.4 is 9.64 Å². The lowest BCUT2D eigenvalue weighted by molar-refractivity contribution is 0.233. The van der Waals surface area contributed by atoms with E-state index in [2.05, 4.69) is 28.8 Å². The van der Waals surface area contributed by atoms with Crippen molar-refractivity contribution in [3.05, 3.63) is 17.3 Å². The highest BCUT2D eigenvalue weighted by molar-refractivity contribution is 6.29. The average molecular weight is 256 g/mol. The number of halogens is 1. The molecule has 17 heavy (non-hydrogen) atoms. The first-order valence-electron chi connectivity index (χ1n) is 5.77. The number of hydrogen-bond donors (Lipinski definition) is 0. The Bertz CT molecular complexity index is 399. The van der Waals surface area contributed by atoms with Crippen LogP contribution >= 0.6 is 11.6 Å². The van der Waals surface area contributed by atoms with Gasteiger partial charge in [-0.25, -0.2) is 0 Å². The number of rotatable bonds is 2. The molecule has 0 radical (unpaired) electrons. The summed E-state index contributed by atoms with van der Waals surface area (Å²) in [4.78, 5) is 8.85. The quantitative estimate of drug-likeness (QED) is 0.755. The molecule has 1 atom stereocenters. The van der Waals surface area contributed by atoms with E-state index >= 15 is 0 Å². The zero-order chi connectivity index (χ0) is 12.4. The third-order valence-electron chi connectivity index (χ3n) is 3.30. The molecule has 2 rings (SSSR count). The van der Waals surface area contributed by atoms with E-state index in [9.17, 15) is 0 Å². The predicted octanol–water partition coefficient (Wildman–Crippen LogP) is 1.88. The van der Waals surface area contributed by atoms with Crippen molar-refractivity contribution in [2.45, 2.75) is 13.0 Å². The maximum atomic E-state index is 5.87. The molecule has 0 spiro atoms. The van der Waals surface area contributed by atoms with Crippen LogP contribution in [0.3, 0.4) is 0 Å². The average Bonchev–Trinajstić information content (AvgIpc) is 2.32. The molecule has 0 N–H and O–H groups in total. The number of nitrogens with zero attached hydrogens (tertiary/aromatic N) is 3. The summed E-state index contributed by atoms with van der Waals surface area (Å²) < 4.78 is 5.29. The summed E-state index contributed by atoms with van der Waals surface area (Å²) in [5.74, 6) is 0.606. The van der Waals surface area contributed by atoms with Gasteiger partial charge in [-0.3, -0.25) is 0 Å². The van der Waals surface area contributed by atoms with Crippen LogP contribution in [-0.2, 0) is 0 Å². The van der Waals surface area contributed by atoms with E-state index in [-0.39, 0.29) is 0 Å². The van der Waals surface area contributed by atoms with Gasteiger partial charge in [-0.1, -0.05) is 11.6 Å². The minimum Gasteiger partial charge on any atom is -0.479 e. The fourth-order valence-corrected chi connectivity index (χ4v) is 2.21. The number of methoxy groups -OCH3 is 1. The second-order valence-corrected chi connectivity index (χ2v) is 4.83. The molecule has 2 heterocycles. The normalized spacial score (nSPS) is 21.6. The molecule has 1 fully saturated rings. The summed E-state index contributed by atoms with van der Waals surface area (Å²) in [6.07, 6.45) is 0. The fourth-order valence-electron chi connectivity index (χ4n) is 2.07. The van der Waals surface area contributed by atoms with Gasteiger partial charge in [0.15, 0.2) is 0 Å². The third kappa shape index (κ3) is 2.64. The fraction of sp³-hybridized carbons (Fsp3) is 0.583. The van der Waals surface area contributed by atoms with Crippen molar-refractivity contribution in [3.63, 3.8) is 0 Å². The molecule has 5 heteroatoms. The van der Waals surface area contributed by atoms with Gasteiger partial charge >= 0.3 is 0 Å². The van der Waals surface area contributed by atoms with Crippen LogP contribution in [0, 0.1) is 0 Å². The van der Waals surface area contributed by atoms with Crippen molar-refractivity contribution < 1.29 is 4.74 Å². The summed E-state index contributed by atoms with van der Waals surface area (Å²) >= 11 is 5.87. The maximum absolute atomic E-state index is 5.87. The monoisotopic (exact) mass is 255 g/mol. The van der Waals surface area contributed by atoms with Gasteiger partial charge in [0.25, 0.3) is 0 Å². The number of aromatic nitrogens is 1. The molecular weight excluding hydrogens is 238 g/mol. The Labute approximate surface area is 107 Å². The largest absolute Gasteiger partial charge is 0.479 e. The maximum Gasteiger partial charge on any atom is 0.238 e. The third-order valence-corrected chi connectivity index (χ3v) is 3.51. The second kappa shape index (κ2) is 5.10. The van der Waals surface area contributed by atoms with Crippen LogP contribution in [0.2, 0.25) is 5.15 Å². The van der Waals surface area contributed by atoms with E-state index in [1.807, 2.05) is 12.1 Å². The molecule has 94 valence electrons. The lowest BCUT2D eigenvalue weighted by Crippen LogP contribution is -2.50. The molecule has 1 aliphatic rings. The van der Waals surface area contributed by atoms with Gasteiger partial charge in [0.05, 0.1) is 7.11 Å². The molecule has 0 bridgehead atoms. The van der Waals surface area contributed by atoms with Crippen LogP contribution in [0.1, 0.15) is 6.92 Å². The number of hydrogen-bond acceptors (Lipinski definition) is 4. The molecule has 0 saturated carbocycles. The Morgan fingerprint density at radius 2 is 2.18 bits per heavy atom. The first kappa shape index (κ1) is 12.5. The molecule has 0 unspecified atom stereocenters. The molecule has 0 aliphatic carbocycles. The van der Waals surface area contributed by atoms with E-state index < -0.39 is 0 Å². The second-order valence-electron chi connectivity index (χ2n) is 4.44. The minimum atomic E-state index is 0.466. The highest BCUT2D eigenvalue weighted by Crippen LogP contribution is 2.29. The lowest BCUT2D eigenvalue weighted by Gasteiger charge is -2.39. The van der Waals surface area contributed by atoms with Crippen LogP contribution in [0.15, 0.2) is 12.1 Å². The van der Waals surface area contributed by atoms with Crippen LogP contribution in [0.25, 0.3) is 0 Å². The van der Waals surface area contributed by atoms with Crippen molar-refractivity contribution >= 4 is 17.3 Å². The van der Waals surface area contributed by atoms with Gasteiger partial charge in [-0.15, -0.1) is 0 Å². The smallest absolute Gasteiger partial charge is 0.238 e. The number of likely N-dealkylation sites (N-methyl/N-ethyl adjacent to an activating group) is 1. The van der Waals surface area contributed by atoms with E-state index in [0.717, 1.165) is 25.3 Å². The van der Waals surface area contributed by atoms with Crippen molar-refractivity contribution in [1.29, 1.82) is 0 Å². The Morgan fingerprint density at radius 1 is 1.41 bits per heavy atom. The molecule has 1 saturated heterocycles. The van der Waals surface area contributed by atoms with Gasteiger partial charge in [0.1, 0.15) is 10.8 Å². The number of pyridine rings is 1. The Kier molecular flexibility index (Phi) is 3.74. The van der Waals surface area contributed by atoms with E-state index in [1.165, 1.54) is 0 Å². The van der Waals surface area contributed by atoms with Crippen molar-refractivity contribution in [2.75, 3.05) is 38.7 Å². The lowest BCUT2D eigenvalue weighted by atomic mass is 10.2. The molecule has 1 aromatic heterocycles. The first-order valence-corrected chi connectivity index (χ1v) is 6.15. The van der Waals surface area contributed by atoms with Crippen molar-refractivity contribution in [2.24, 2.45) is 0 Å². The number of ether oxygens (including phenoxy) is 1. The van der Waals surface area contributed by atoms with Gasteiger partial charge < -0.3 is 14.5 Å². The number of piperazine rings is 1. The molecule has 0 aromatic carbocycles. The van der Waals surface area contributed by atoms with E-state index in [4.69, 9.17) is 16.3 Å². The molecule has 0 amide bonds. The molecule has 1 aromatic rings. The highest BCUT2D eigenvalue weighted by atomic mass is 35.5. The summed E-state index contributed by atoms with van der Waals surface area (Å²) in [5, 5.41) is 0.466. The predicted molar refractivity (Wildman–Crippen MR) is 70.1 cm³/mol. The van der Waals surface area contributed by atoms with Gasteiger partial charge in [0.2, 0.25) is 5.88 Å². The van der Waals surface area contributed by atoms with E-state index in [0.29, 0.717) is 17.1 Å². The Morgan fingerprint density at radius 3 is 2.82 bits per heavy atom. The minimum absolute atomic E-state index is 0.466. The van der Waals surface area contributed by atoms with Gasteiger partial charge in [-0.05, 0) is 26.1 Å². The standard InChI is InChI=1S/C12H18ClN3O/c1-9-8-16(7-6-15(9)2)10-4-5-11(13)14-12(10)17-3/h4-5,9H,6-8H2,1-3H3/t9-/m0/s1. The zero-order valence-electron chi connectivity index (χ0n) is 10.5. The molecule has 4 nitrogen and oxygen atoms in total. The highest BCUT2D eigenvalue weighted by Gasteiger charge is 2.23. The summed E-state index contributed by atoms with van der Waals surface area (Å²) in [7, 11) is 3.78. The van der Waals surface area contributed by atoms with Crippen molar-refractivity contribution in [1.82, 2.24) is 9.88 Å².